The average molecular weight is 743 g/mol. The number of rotatable bonds is 19. The lowest BCUT2D eigenvalue weighted by Crippen LogP contribution is -2.10. The molecule has 0 aliphatic rings. The molecule has 0 aromatic carbocycles. The lowest BCUT2D eigenvalue weighted by molar-refractivity contribution is 0.401. The summed E-state index contributed by atoms with van der Waals surface area (Å²) in [6.07, 6.45) is 18.1. The maximum Gasteiger partial charge on any atom is 0.131 e. The highest BCUT2D eigenvalue weighted by Gasteiger charge is 2.28. The first kappa shape index (κ1) is 37.1. The molecule has 266 valence electrons. The SMILES string of the molecule is CCCCC(CC)Cc1cc2c(s1)c1sc3c(sc4c5sc(C=C(C#N)C#N)cc5n(CC(CC)CCCC)c43)c1n2CC(CC)CCCC. The Kier molecular flexibility index (Phi) is 12.5. The van der Waals surface area contributed by atoms with Crippen molar-refractivity contribution in [2.45, 2.75) is 138 Å². The van der Waals surface area contributed by atoms with Crippen LogP contribution in [0.25, 0.3) is 56.3 Å². The standard InChI is InChI=1S/C42H54N4S4/c1-7-13-16-27(10-4)19-31-21-33-37(47-31)39-35(45(33)25-28(11-5)17-14-8-2)41-42(49-39)36-40(50-41)38-34(22-32(48-38)20-30(23-43)24-44)46(36)26-29(12-6)18-15-9-3/h20-22,27-29H,7-19,25-26H2,1-6H3. The molecular weight excluding hydrogens is 689 g/mol. The molecule has 6 aromatic rings. The maximum atomic E-state index is 9.50. The molecule has 6 rings (SSSR count). The minimum absolute atomic E-state index is 0.168. The molecule has 0 aliphatic heterocycles. The Morgan fingerprint density at radius 1 is 0.620 bits per heavy atom. The van der Waals surface area contributed by atoms with Crippen molar-refractivity contribution in [3.05, 3.63) is 27.5 Å². The lowest BCUT2D eigenvalue weighted by atomic mass is 9.95. The summed E-state index contributed by atoms with van der Waals surface area (Å²) in [5.74, 6) is 2.07. The van der Waals surface area contributed by atoms with Crippen LogP contribution in [0.3, 0.4) is 0 Å². The van der Waals surface area contributed by atoms with Crippen LogP contribution < -0.4 is 0 Å². The first-order chi connectivity index (χ1) is 24.4. The van der Waals surface area contributed by atoms with E-state index in [9.17, 15) is 10.5 Å². The molecule has 8 heteroatoms. The number of hydrogen-bond donors (Lipinski definition) is 0. The molecule has 0 N–H and O–H groups in total. The van der Waals surface area contributed by atoms with E-state index in [1.165, 1.54) is 134 Å². The number of aromatic nitrogens is 2. The second kappa shape index (κ2) is 16.8. The molecule has 0 radical (unpaired) electrons. The van der Waals surface area contributed by atoms with Crippen LogP contribution in [-0.4, -0.2) is 9.13 Å². The molecule has 0 saturated carbocycles. The summed E-state index contributed by atoms with van der Waals surface area (Å²) in [7, 11) is 0. The van der Waals surface area contributed by atoms with Gasteiger partial charge in [0.05, 0.1) is 50.3 Å². The summed E-state index contributed by atoms with van der Waals surface area (Å²) in [6.45, 7) is 16.1. The summed E-state index contributed by atoms with van der Waals surface area (Å²) >= 11 is 7.86. The Morgan fingerprint density at radius 3 is 1.56 bits per heavy atom. The van der Waals surface area contributed by atoms with Crippen molar-refractivity contribution < 1.29 is 0 Å². The van der Waals surface area contributed by atoms with Gasteiger partial charge in [0.2, 0.25) is 0 Å². The zero-order valence-electron chi connectivity index (χ0n) is 31.0. The van der Waals surface area contributed by atoms with Gasteiger partial charge in [-0.3, -0.25) is 0 Å². The Bertz CT molecular complexity index is 2160. The van der Waals surface area contributed by atoms with Gasteiger partial charge >= 0.3 is 0 Å². The van der Waals surface area contributed by atoms with Crippen molar-refractivity contribution in [1.29, 1.82) is 10.5 Å². The highest BCUT2D eigenvalue weighted by atomic mass is 32.1. The molecular formula is C42H54N4S4. The molecule has 0 aliphatic carbocycles. The number of hydrogen-bond acceptors (Lipinski definition) is 6. The fourth-order valence-corrected chi connectivity index (χ4v) is 13.4. The van der Waals surface area contributed by atoms with Crippen molar-refractivity contribution in [2.24, 2.45) is 17.8 Å². The summed E-state index contributed by atoms with van der Waals surface area (Å²) in [4.78, 5) is 2.56. The predicted molar refractivity (Wildman–Crippen MR) is 224 cm³/mol. The van der Waals surface area contributed by atoms with E-state index in [-0.39, 0.29) is 5.57 Å². The molecule has 4 nitrogen and oxygen atoms in total. The Morgan fingerprint density at radius 2 is 1.08 bits per heavy atom. The summed E-state index contributed by atoms with van der Waals surface area (Å²) < 4.78 is 14.0. The molecule has 3 unspecified atom stereocenters. The molecule has 3 atom stereocenters. The van der Waals surface area contributed by atoms with E-state index < -0.39 is 0 Å². The normalized spacial score (nSPS) is 13.9. The third-order valence-electron chi connectivity index (χ3n) is 11.0. The van der Waals surface area contributed by atoms with Gasteiger partial charge < -0.3 is 9.13 Å². The highest BCUT2D eigenvalue weighted by molar-refractivity contribution is 7.40. The van der Waals surface area contributed by atoms with Gasteiger partial charge in [-0.25, -0.2) is 0 Å². The summed E-state index contributed by atoms with van der Waals surface area (Å²) in [6, 6.07) is 8.95. The van der Waals surface area contributed by atoms with Gasteiger partial charge in [0, 0.05) is 22.8 Å². The fraction of sp³-hybridized carbons (Fsp3) is 0.571. The Hall–Kier alpha value is -2.62. The van der Waals surface area contributed by atoms with Crippen LogP contribution in [0, 0.1) is 40.4 Å². The van der Waals surface area contributed by atoms with E-state index >= 15 is 0 Å². The van der Waals surface area contributed by atoms with Crippen LogP contribution in [0.4, 0.5) is 0 Å². The minimum atomic E-state index is 0.168. The van der Waals surface area contributed by atoms with Crippen molar-refractivity contribution in [3.8, 4) is 12.1 Å². The van der Waals surface area contributed by atoms with Crippen LogP contribution in [0.15, 0.2) is 17.7 Å². The molecule has 0 fully saturated rings. The minimum Gasteiger partial charge on any atom is -0.338 e. The molecule has 50 heavy (non-hydrogen) atoms. The lowest BCUT2D eigenvalue weighted by Gasteiger charge is -2.17. The zero-order chi connectivity index (χ0) is 35.4. The smallest absolute Gasteiger partial charge is 0.131 e. The number of thiophene rings is 4. The van der Waals surface area contributed by atoms with Crippen molar-refractivity contribution in [2.75, 3.05) is 0 Å². The fourth-order valence-electron chi connectivity index (χ4n) is 7.87. The number of nitriles is 2. The van der Waals surface area contributed by atoms with E-state index in [2.05, 4.69) is 86.3 Å². The molecule has 0 bridgehead atoms. The average Bonchev–Trinajstić information content (AvgIpc) is 3.96. The molecule has 6 aromatic heterocycles. The third-order valence-corrected chi connectivity index (χ3v) is 16.1. The quantitative estimate of drug-likeness (QED) is 0.0776. The highest BCUT2D eigenvalue weighted by Crippen LogP contribution is 2.53. The molecule has 0 amide bonds. The van der Waals surface area contributed by atoms with Crippen molar-refractivity contribution >= 4 is 102 Å². The zero-order valence-corrected chi connectivity index (χ0v) is 34.3. The number of unbranched alkanes of at least 4 members (excludes halogenated alkanes) is 3. The van der Waals surface area contributed by atoms with Crippen LogP contribution in [0.5, 0.6) is 0 Å². The van der Waals surface area contributed by atoms with Crippen LogP contribution in [-0.2, 0) is 19.5 Å². The van der Waals surface area contributed by atoms with Gasteiger partial charge in [-0.1, -0.05) is 106 Å². The number of fused-ring (bicyclic) bond motifs is 9. The van der Waals surface area contributed by atoms with Gasteiger partial charge in [-0.15, -0.1) is 45.3 Å². The van der Waals surface area contributed by atoms with Gasteiger partial charge in [-0.05, 0) is 55.2 Å². The predicted octanol–water partition coefficient (Wildman–Crippen LogP) is 14.9. The third kappa shape index (κ3) is 7.20. The second-order valence-electron chi connectivity index (χ2n) is 14.5. The topological polar surface area (TPSA) is 57.4 Å². The summed E-state index contributed by atoms with van der Waals surface area (Å²) in [5, 5.41) is 19.0. The van der Waals surface area contributed by atoms with Crippen LogP contribution >= 0.6 is 45.3 Å². The van der Waals surface area contributed by atoms with Gasteiger partial charge in [0.15, 0.2) is 0 Å². The van der Waals surface area contributed by atoms with E-state index in [1.54, 1.807) is 22.3 Å². The first-order valence-corrected chi connectivity index (χ1v) is 22.6. The molecule has 6 heterocycles. The van der Waals surface area contributed by atoms with Gasteiger partial charge in [-0.2, -0.15) is 10.5 Å². The van der Waals surface area contributed by atoms with Crippen LogP contribution in [0.2, 0.25) is 0 Å². The van der Waals surface area contributed by atoms with E-state index in [1.807, 2.05) is 22.7 Å². The summed E-state index contributed by atoms with van der Waals surface area (Å²) in [5.41, 5.74) is 5.79. The van der Waals surface area contributed by atoms with Crippen LogP contribution in [0.1, 0.15) is 128 Å². The largest absolute Gasteiger partial charge is 0.338 e. The van der Waals surface area contributed by atoms with E-state index in [0.29, 0.717) is 11.8 Å². The second-order valence-corrected chi connectivity index (χ2v) is 18.7. The van der Waals surface area contributed by atoms with Crippen molar-refractivity contribution in [3.63, 3.8) is 0 Å². The number of nitrogens with zero attached hydrogens (tertiary/aromatic N) is 4. The molecule has 0 saturated heterocycles. The number of allylic oxidation sites excluding steroid dienone is 1. The first-order valence-electron chi connectivity index (χ1n) is 19.4. The Balaban J connectivity index is 1.57. The Labute approximate surface area is 315 Å². The van der Waals surface area contributed by atoms with E-state index in [4.69, 9.17) is 0 Å². The monoisotopic (exact) mass is 742 g/mol. The van der Waals surface area contributed by atoms with E-state index in [0.717, 1.165) is 23.9 Å². The maximum absolute atomic E-state index is 9.50. The van der Waals surface area contributed by atoms with Crippen molar-refractivity contribution in [1.82, 2.24) is 9.13 Å². The van der Waals surface area contributed by atoms with Gasteiger partial charge in [0.25, 0.3) is 0 Å². The molecule has 0 spiro atoms. The van der Waals surface area contributed by atoms with Gasteiger partial charge in [0.1, 0.15) is 17.7 Å².